The molecule has 1 aromatic heterocycles. The molecule has 0 spiro atoms. The lowest BCUT2D eigenvalue weighted by Gasteiger charge is -2.16. The number of rotatable bonds is 7. The van der Waals surface area contributed by atoms with Crippen LogP contribution in [0.15, 0.2) is 23.2 Å². The summed E-state index contributed by atoms with van der Waals surface area (Å²) in [5, 5.41) is 2.79. The summed E-state index contributed by atoms with van der Waals surface area (Å²) in [6.07, 6.45) is 3.38. The third-order valence-electron chi connectivity index (χ3n) is 2.83. The maximum atomic E-state index is 12.3. The van der Waals surface area contributed by atoms with Crippen molar-refractivity contribution in [2.24, 2.45) is 5.92 Å². The molecule has 0 amide bonds. The van der Waals surface area contributed by atoms with E-state index in [1.54, 1.807) is 25.4 Å². The van der Waals surface area contributed by atoms with Crippen LogP contribution in [0.2, 0.25) is 0 Å². The maximum Gasteiger partial charge on any atom is 0.244 e. The molecule has 1 atom stereocenters. The first-order valence-corrected chi connectivity index (χ1v) is 8.00. The van der Waals surface area contributed by atoms with Gasteiger partial charge in [0, 0.05) is 19.3 Å². The van der Waals surface area contributed by atoms with Crippen LogP contribution in [0.5, 0.6) is 0 Å². The largest absolute Gasteiger partial charge is 0.372 e. The van der Waals surface area contributed by atoms with Crippen LogP contribution in [0.25, 0.3) is 0 Å². The van der Waals surface area contributed by atoms with E-state index in [1.807, 2.05) is 6.92 Å². The van der Waals surface area contributed by atoms with Gasteiger partial charge in [0.1, 0.15) is 10.7 Å². The molecule has 0 aromatic carbocycles. The van der Waals surface area contributed by atoms with E-state index >= 15 is 0 Å². The minimum absolute atomic E-state index is 0.0858. The van der Waals surface area contributed by atoms with Crippen LogP contribution in [0.4, 0.5) is 5.82 Å². The number of aromatic nitrogens is 1. The van der Waals surface area contributed by atoms with Gasteiger partial charge in [-0.2, -0.15) is 0 Å². The summed E-state index contributed by atoms with van der Waals surface area (Å²) in [5.41, 5.74) is 0. The Morgan fingerprint density at radius 1 is 1.26 bits per heavy atom. The third-order valence-corrected chi connectivity index (χ3v) is 4.45. The number of sulfonamides is 1. The lowest BCUT2D eigenvalue weighted by Crippen LogP contribution is -2.33. The minimum atomic E-state index is -3.53. The van der Waals surface area contributed by atoms with E-state index in [0.29, 0.717) is 11.7 Å². The van der Waals surface area contributed by atoms with Crippen molar-refractivity contribution in [3.63, 3.8) is 0 Å². The Morgan fingerprint density at radius 2 is 1.95 bits per heavy atom. The molecule has 0 bridgehead atoms. The van der Waals surface area contributed by atoms with Gasteiger partial charge >= 0.3 is 0 Å². The highest BCUT2D eigenvalue weighted by Crippen LogP contribution is 2.18. The highest BCUT2D eigenvalue weighted by atomic mass is 32.2. The quantitative estimate of drug-likeness (QED) is 0.806. The minimum Gasteiger partial charge on any atom is -0.372 e. The van der Waals surface area contributed by atoms with Gasteiger partial charge in [-0.05, 0) is 37.8 Å². The Morgan fingerprint density at radius 3 is 2.53 bits per heavy atom. The van der Waals surface area contributed by atoms with Crippen molar-refractivity contribution >= 4 is 15.8 Å². The van der Waals surface area contributed by atoms with Gasteiger partial charge in [0.25, 0.3) is 0 Å². The first kappa shape index (κ1) is 15.9. The van der Waals surface area contributed by atoms with E-state index in [9.17, 15) is 8.42 Å². The molecule has 0 aliphatic rings. The van der Waals surface area contributed by atoms with Crippen molar-refractivity contribution in [3.8, 4) is 0 Å². The predicted molar refractivity (Wildman–Crippen MR) is 77.6 cm³/mol. The van der Waals surface area contributed by atoms with Gasteiger partial charge in [0.15, 0.2) is 0 Å². The van der Waals surface area contributed by atoms with Gasteiger partial charge in [-0.1, -0.05) is 13.8 Å². The molecule has 108 valence electrons. The Kier molecular flexibility index (Phi) is 5.75. The molecule has 1 aromatic rings. The van der Waals surface area contributed by atoms with Gasteiger partial charge in [-0.3, -0.25) is 0 Å². The second kappa shape index (κ2) is 6.86. The average Bonchev–Trinajstić information content (AvgIpc) is 2.35. The Balaban J connectivity index is 2.81. The highest BCUT2D eigenvalue weighted by Gasteiger charge is 2.21. The molecule has 0 radical (unpaired) electrons. The lowest BCUT2D eigenvalue weighted by atomic mass is 10.1. The van der Waals surface area contributed by atoms with Crippen LogP contribution in [-0.4, -0.2) is 26.5 Å². The van der Waals surface area contributed by atoms with E-state index in [2.05, 4.69) is 28.9 Å². The number of hydrogen-bond acceptors (Lipinski definition) is 4. The normalized spacial score (nSPS) is 13.5. The monoisotopic (exact) mass is 285 g/mol. The Labute approximate surface area is 115 Å². The summed E-state index contributed by atoms with van der Waals surface area (Å²) in [6, 6.07) is 3.09. The van der Waals surface area contributed by atoms with Crippen LogP contribution >= 0.6 is 0 Å². The third kappa shape index (κ3) is 4.80. The number of nitrogens with zero attached hydrogens (tertiary/aromatic N) is 1. The van der Waals surface area contributed by atoms with Gasteiger partial charge < -0.3 is 5.32 Å². The zero-order valence-corrected chi connectivity index (χ0v) is 12.8. The van der Waals surface area contributed by atoms with E-state index in [4.69, 9.17) is 0 Å². The van der Waals surface area contributed by atoms with Crippen molar-refractivity contribution in [3.05, 3.63) is 18.3 Å². The predicted octanol–water partition coefficient (Wildman–Crippen LogP) is 2.23. The molecule has 0 saturated carbocycles. The molecule has 1 heterocycles. The van der Waals surface area contributed by atoms with Crippen molar-refractivity contribution in [1.82, 2.24) is 9.71 Å². The second-order valence-electron chi connectivity index (χ2n) is 5.09. The van der Waals surface area contributed by atoms with Crippen LogP contribution < -0.4 is 10.0 Å². The Bertz CT molecular complexity index is 500. The average molecular weight is 285 g/mol. The van der Waals surface area contributed by atoms with Gasteiger partial charge in [-0.15, -0.1) is 0 Å². The van der Waals surface area contributed by atoms with Crippen molar-refractivity contribution in [2.75, 3.05) is 12.4 Å². The summed E-state index contributed by atoms with van der Waals surface area (Å²) < 4.78 is 27.2. The molecule has 2 N–H and O–H groups in total. The van der Waals surface area contributed by atoms with E-state index in [1.165, 1.54) is 0 Å². The zero-order valence-electron chi connectivity index (χ0n) is 12.0. The molecular weight excluding hydrogens is 262 g/mol. The van der Waals surface area contributed by atoms with Gasteiger partial charge in [0.05, 0.1) is 0 Å². The van der Waals surface area contributed by atoms with Crippen LogP contribution in [0.1, 0.15) is 33.6 Å². The van der Waals surface area contributed by atoms with Gasteiger partial charge in [0.2, 0.25) is 10.0 Å². The standard InChI is InChI=1S/C13H23N3O2S/c1-10(2)7-8-11(3)16-19(17,18)12-6-5-9-15-13(12)14-4/h5-6,9-11,16H,7-8H2,1-4H3,(H,14,15). The van der Waals surface area contributed by atoms with Crippen molar-refractivity contribution in [2.45, 2.75) is 44.6 Å². The van der Waals surface area contributed by atoms with E-state index < -0.39 is 10.0 Å². The maximum absolute atomic E-state index is 12.3. The summed E-state index contributed by atoms with van der Waals surface area (Å²) >= 11 is 0. The molecule has 0 fully saturated rings. The topological polar surface area (TPSA) is 71.1 Å². The van der Waals surface area contributed by atoms with E-state index in [-0.39, 0.29) is 10.9 Å². The van der Waals surface area contributed by atoms with Gasteiger partial charge in [-0.25, -0.2) is 18.1 Å². The SMILES string of the molecule is CNc1ncccc1S(=O)(=O)NC(C)CCC(C)C. The fourth-order valence-electron chi connectivity index (χ4n) is 1.77. The first-order chi connectivity index (χ1) is 8.86. The number of anilines is 1. The second-order valence-corrected chi connectivity index (χ2v) is 6.78. The summed E-state index contributed by atoms with van der Waals surface area (Å²) in [5.74, 6) is 0.935. The number of nitrogens with one attached hydrogen (secondary N) is 2. The van der Waals surface area contributed by atoms with Crippen LogP contribution in [0, 0.1) is 5.92 Å². The van der Waals surface area contributed by atoms with Crippen molar-refractivity contribution < 1.29 is 8.42 Å². The first-order valence-electron chi connectivity index (χ1n) is 6.52. The Hall–Kier alpha value is -1.14. The fourth-order valence-corrected chi connectivity index (χ4v) is 3.21. The molecule has 1 unspecified atom stereocenters. The summed E-state index contributed by atoms with van der Waals surface area (Å²) in [6.45, 7) is 6.14. The van der Waals surface area contributed by atoms with Crippen LogP contribution in [-0.2, 0) is 10.0 Å². The van der Waals surface area contributed by atoms with Crippen molar-refractivity contribution in [1.29, 1.82) is 0 Å². The molecule has 19 heavy (non-hydrogen) atoms. The molecule has 6 heteroatoms. The smallest absolute Gasteiger partial charge is 0.244 e. The molecular formula is C13H23N3O2S. The highest BCUT2D eigenvalue weighted by molar-refractivity contribution is 7.89. The number of hydrogen-bond donors (Lipinski definition) is 2. The van der Waals surface area contributed by atoms with E-state index in [0.717, 1.165) is 12.8 Å². The lowest BCUT2D eigenvalue weighted by molar-refractivity contribution is 0.485. The summed E-state index contributed by atoms with van der Waals surface area (Å²) in [7, 11) is -1.87. The summed E-state index contributed by atoms with van der Waals surface area (Å²) in [4.78, 5) is 4.20. The van der Waals surface area contributed by atoms with Crippen LogP contribution in [0.3, 0.4) is 0 Å². The molecule has 0 aliphatic heterocycles. The number of pyridine rings is 1. The molecule has 0 saturated heterocycles. The molecule has 0 aliphatic carbocycles. The fraction of sp³-hybridized carbons (Fsp3) is 0.615. The zero-order chi connectivity index (χ0) is 14.5. The molecule has 5 nitrogen and oxygen atoms in total. The molecule has 1 rings (SSSR count).